The first-order valence-corrected chi connectivity index (χ1v) is 14.6. The number of rotatable bonds is 11. The molecule has 1 aromatic heterocycles. The van der Waals surface area contributed by atoms with Gasteiger partial charge in [-0.3, -0.25) is 27.9 Å². The molecule has 11 nitrogen and oxygen atoms in total. The van der Waals surface area contributed by atoms with Gasteiger partial charge in [0.2, 0.25) is 0 Å². The number of aliphatic hydroxyl groups is 1. The molecule has 0 spiro atoms. The van der Waals surface area contributed by atoms with Crippen LogP contribution in [0.1, 0.15) is 22.9 Å². The van der Waals surface area contributed by atoms with E-state index in [2.05, 4.69) is 4.98 Å². The van der Waals surface area contributed by atoms with Crippen LogP contribution in [0.25, 0.3) is 0 Å². The van der Waals surface area contributed by atoms with E-state index in [9.17, 15) is 19.3 Å². The third-order valence-electron chi connectivity index (χ3n) is 7.14. The summed E-state index contributed by atoms with van der Waals surface area (Å²) in [5.41, 5.74) is -0.0792. The molecule has 0 unspecified atom stereocenters. The molecule has 3 aromatic carbocycles. The van der Waals surface area contributed by atoms with Gasteiger partial charge in [0.1, 0.15) is 23.9 Å². The number of nitrogens with zero attached hydrogens (tertiary/aromatic N) is 1. The first-order chi connectivity index (χ1) is 20.3. The summed E-state index contributed by atoms with van der Waals surface area (Å²) < 4.78 is 42.6. The number of H-pyrrole nitrogens is 1. The Morgan fingerprint density at radius 1 is 0.857 bits per heavy atom. The molecule has 1 aliphatic rings. The van der Waals surface area contributed by atoms with Crippen LogP contribution in [0.2, 0.25) is 0 Å². The summed E-state index contributed by atoms with van der Waals surface area (Å²) in [5, 5.41) is 11.3. The Kier molecular flexibility index (Phi) is 9.00. The molecular formula is C30H31N2O9P. The normalized spacial score (nSPS) is 20.9. The summed E-state index contributed by atoms with van der Waals surface area (Å²) in [7, 11) is -1.83. The van der Waals surface area contributed by atoms with Gasteiger partial charge in [-0.2, -0.15) is 0 Å². The summed E-state index contributed by atoms with van der Waals surface area (Å²) in [6, 6.07) is 30.0. The van der Waals surface area contributed by atoms with Crippen molar-refractivity contribution in [3.8, 4) is 0 Å². The lowest BCUT2D eigenvalue weighted by Crippen LogP contribution is -2.41. The maximum Gasteiger partial charge on any atom is 0.474 e. The predicted octanol–water partition coefficient (Wildman–Crippen LogP) is 3.59. The molecule has 2 N–H and O–H groups in total. The molecule has 0 bridgehead atoms. The van der Waals surface area contributed by atoms with E-state index in [0.717, 1.165) is 41.5 Å². The zero-order chi connectivity index (χ0) is 29.7. The third-order valence-corrected chi connectivity index (χ3v) is 8.53. The number of ether oxygens (including phenoxy) is 2. The standard InChI is InChI=1S/C30H31N2O9P/c1-37-42(36,38-2)41-27-24(40-28(26(27)34)32-19-18-25(33)31-29(32)35)20-39-30(21-12-6-3-7-13-21,22-14-8-4-9-15-22)23-16-10-5-11-17-23/h3-19,24,26-28,34H,20H2,1-2H3,(H,31,33,35)/t24-,26-,27-,28-/m1/s1. The van der Waals surface area contributed by atoms with Crippen molar-refractivity contribution in [3.05, 3.63) is 141 Å². The van der Waals surface area contributed by atoms with Crippen LogP contribution in [0.5, 0.6) is 0 Å². The van der Waals surface area contributed by atoms with Crippen molar-refractivity contribution in [3.63, 3.8) is 0 Å². The van der Waals surface area contributed by atoms with E-state index in [1.807, 2.05) is 91.0 Å². The fraction of sp³-hybridized carbons (Fsp3) is 0.267. The van der Waals surface area contributed by atoms with E-state index in [4.69, 9.17) is 23.0 Å². The fourth-order valence-electron chi connectivity index (χ4n) is 5.13. The molecule has 1 fully saturated rings. The zero-order valence-electron chi connectivity index (χ0n) is 22.9. The van der Waals surface area contributed by atoms with Gasteiger partial charge in [0.05, 0.1) is 6.61 Å². The van der Waals surface area contributed by atoms with Crippen LogP contribution in [0.3, 0.4) is 0 Å². The third kappa shape index (κ3) is 5.81. The van der Waals surface area contributed by atoms with Gasteiger partial charge in [-0.15, -0.1) is 0 Å². The van der Waals surface area contributed by atoms with Gasteiger partial charge < -0.3 is 14.6 Å². The van der Waals surface area contributed by atoms with Crippen molar-refractivity contribution in [2.75, 3.05) is 20.8 Å². The number of aliphatic hydroxyl groups excluding tert-OH is 1. The van der Waals surface area contributed by atoms with Crippen LogP contribution in [-0.4, -0.2) is 53.8 Å². The Morgan fingerprint density at radius 2 is 1.36 bits per heavy atom. The van der Waals surface area contributed by atoms with Crippen molar-refractivity contribution >= 4 is 7.82 Å². The van der Waals surface area contributed by atoms with Crippen LogP contribution in [0, 0.1) is 0 Å². The van der Waals surface area contributed by atoms with Crippen molar-refractivity contribution in [2.24, 2.45) is 0 Å². The van der Waals surface area contributed by atoms with Gasteiger partial charge in [0, 0.05) is 26.5 Å². The van der Waals surface area contributed by atoms with Gasteiger partial charge in [-0.05, 0) is 16.7 Å². The first-order valence-electron chi connectivity index (χ1n) is 13.2. The highest BCUT2D eigenvalue weighted by Gasteiger charge is 2.51. The Balaban J connectivity index is 1.58. The van der Waals surface area contributed by atoms with Crippen LogP contribution >= 0.6 is 7.82 Å². The minimum Gasteiger partial charge on any atom is -0.386 e. The number of aromatic amines is 1. The second-order valence-electron chi connectivity index (χ2n) is 9.55. The lowest BCUT2D eigenvalue weighted by Gasteiger charge is -2.37. The minimum absolute atomic E-state index is 0.192. The van der Waals surface area contributed by atoms with Crippen LogP contribution in [-0.2, 0) is 33.2 Å². The lowest BCUT2D eigenvalue weighted by atomic mass is 9.80. The summed E-state index contributed by atoms with van der Waals surface area (Å²) in [6.07, 6.45) is -4.03. The predicted molar refractivity (Wildman–Crippen MR) is 153 cm³/mol. The second-order valence-corrected chi connectivity index (χ2v) is 11.4. The molecule has 0 saturated carbocycles. The molecule has 4 aromatic rings. The number of phosphoric ester groups is 1. The van der Waals surface area contributed by atoms with Gasteiger partial charge in [-0.1, -0.05) is 91.0 Å². The molecule has 42 heavy (non-hydrogen) atoms. The van der Waals surface area contributed by atoms with E-state index >= 15 is 0 Å². The Morgan fingerprint density at radius 3 is 1.81 bits per heavy atom. The number of benzene rings is 3. The second kappa shape index (κ2) is 12.7. The number of hydrogen-bond acceptors (Lipinski definition) is 9. The van der Waals surface area contributed by atoms with Gasteiger partial charge in [0.25, 0.3) is 5.56 Å². The Labute approximate surface area is 241 Å². The fourth-order valence-corrected chi connectivity index (χ4v) is 6.01. The topological polar surface area (TPSA) is 138 Å². The summed E-state index contributed by atoms with van der Waals surface area (Å²) in [4.78, 5) is 26.4. The smallest absolute Gasteiger partial charge is 0.386 e. The molecular weight excluding hydrogens is 563 g/mol. The monoisotopic (exact) mass is 594 g/mol. The first kappa shape index (κ1) is 29.8. The quantitative estimate of drug-likeness (QED) is 0.197. The number of nitrogens with one attached hydrogen (secondary N) is 1. The zero-order valence-corrected chi connectivity index (χ0v) is 23.8. The van der Waals surface area contributed by atoms with Crippen LogP contribution < -0.4 is 11.2 Å². The molecule has 1 saturated heterocycles. The molecule has 5 rings (SSSR count). The molecule has 220 valence electrons. The molecule has 0 radical (unpaired) electrons. The Hall–Kier alpha value is -3.67. The van der Waals surface area contributed by atoms with E-state index in [1.165, 1.54) is 6.20 Å². The van der Waals surface area contributed by atoms with E-state index in [1.54, 1.807) is 0 Å². The van der Waals surface area contributed by atoms with E-state index in [-0.39, 0.29) is 6.61 Å². The van der Waals surface area contributed by atoms with E-state index < -0.39 is 49.2 Å². The highest BCUT2D eigenvalue weighted by atomic mass is 31.2. The van der Waals surface area contributed by atoms with Crippen molar-refractivity contribution < 1.29 is 32.7 Å². The number of phosphoric acid groups is 1. The van der Waals surface area contributed by atoms with Crippen molar-refractivity contribution in [1.29, 1.82) is 0 Å². The maximum atomic E-state index is 13.0. The summed E-state index contributed by atoms with van der Waals surface area (Å²) >= 11 is 0. The molecule has 0 aliphatic carbocycles. The SMILES string of the molecule is COP(=O)(OC)O[C@H]1[C@@H](O)[C@H](n2ccc(=O)[nH]c2=O)O[C@@H]1COC(c1ccccc1)(c1ccccc1)c1ccccc1. The van der Waals surface area contributed by atoms with E-state index in [0.29, 0.717) is 0 Å². The maximum absolute atomic E-state index is 13.0. The average Bonchev–Trinajstić information content (AvgIpc) is 3.33. The van der Waals surface area contributed by atoms with Crippen molar-refractivity contribution in [1.82, 2.24) is 9.55 Å². The lowest BCUT2D eigenvalue weighted by molar-refractivity contribution is -0.0955. The molecule has 0 amide bonds. The number of hydrogen-bond donors (Lipinski definition) is 2. The molecule has 2 heterocycles. The highest BCUT2D eigenvalue weighted by Crippen LogP contribution is 2.52. The number of aromatic nitrogens is 2. The molecule has 4 atom stereocenters. The van der Waals surface area contributed by atoms with Gasteiger partial charge in [0.15, 0.2) is 6.23 Å². The summed E-state index contributed by atoms with van der Waals surface area (Å²) in [5.74, 6) is 0. The highest BCUT2D eigenvalue weighted by molar-refractivity contribution is 7.48. The van der Waals surface area contributed by atoms with Gasteiger partial charge in [-0.25, -0.2) is 9.36 Å². The van der Waals surface area contributed by atoms with Gasteiger partial charge >= 0.3 is 13.5 Å². The van der Waals surface area contributed by atoms with Crippen molar-refractivity contribution in [2.45, 2.75) is 30.1 Å². The van der Waals surface area contributed by atoms with Crippen LogP contribution in [0.4, 0.5) is 0 Å². The molecule has 1 aliphatic heterocycles. The largest absolute Gasteiger partial charge is 0.474 e. The minimum atomic E-state index is -4.12. The Bertz CT molecular complexity index is 1520. The summed E-state index contributed by atoms with van der Waals surface area (Å²) in [6.45, 7) is -0.192. The van der Waals surface area contributed by atoms with Crippen LogP contribution in [0.15, 0.2) is 113 Å². The average molecular weight is 595 g/mol. The molecule has 12 heteroatoms.